The van der Waals surface area contributed by atoms with Crippen LogP contribution in [0.15, 0.2) is 0 Å². The van der Waals surface area contributed by atoms with Crippen LogP contribution in [0.1, 0.15) is 75.2 Å². The van der Waals surface area contributed by atoms with Crippen LogP contribution in [-0.4, -0.2) is 5.33 Å². The maximum atomic E-state index is 7.07. The normalized spacial score (nSPS) is 15.0. The lowest BCUT2D eigenvalue weighted by molar-refractivity contribution is 0.563. The molecule has 0 aliphatic carbocycles. The second-order valence-corrected chi connectivity index (χ2v) is 4.41. The molecule has 0 aromatic carbocycles. The molecule has 1 heteroatoms. The highest BCUT2D eigenvalue weighted by atomic mass is 79.9. The van der Waals surface area contributed by atoms with Crippen molar-refractivity contribution in [3.8, 4) is 0 Å². The Kier molecular flexibility index (Phi) is 8.41. The number of unbranched alkanes of at least 4 members (excludes halogenated alkanes) is 8. The van der Waals surface area contributed by atoms with Crippen LogP contribution in [0.5, 0.6) is 0 Å². The van der Waals surface area contributed by atoms with E-state index in [-0.39, 0.29) is 0 Å². The van der Waals surface area contributed by atoms with Gasteiger partial charge in [0, 0.05) is 9.44 Å². The van der Waals surface area contributed by atoms with Crippen molar-refractivity contribution >= 4 is 15.9 Å². The Morgan fingerprint density at radius 2 is 1.23 bits per heavy atom. The minimum atomic E-state index is -1.71. The van der Waals surface area contributed by atoms with Crippen molar-refractivity contribution in [2.24, 2.45) is 0 Å². The number of alkyl halides is 1. The van der Waals surface area contributed by atoms with Gasteiger partial charge in [-0.1, -0.05) is 80.6 Å². The van der Waals surface area contributed by atoms with E-state index >= 15 is 0 Å². The smallest absolute Gasteiger partial charge is 0.0230 e. The van der Waals surface area contributed by atoms with Gasteiger partial charge in [-0.15, -0.1) is 0 Å². The zero-order valence-corrected chi connectivity index (χ0v) is 10.2. The van der Waals surface area contributed by atoms with Gasteiger partial charge in [-0.05, 0) is 6.42 Å². The first kappa shape index (κ1) is 8.76. The predicted octanol–water partition coefficient (Wildman–Crippen LogP) is 5.30. The van der Waals surface area contributed by atoms with Gasteiger partial charge in [0.15, 0.2) is 0 Å². The Labute approximate surface area is 96.8 Å². The standard InChI is InChI=1S/C12H25Br/c1-2-3-4-5-6-7-8-9-10-11-12-13/h2-12H2,1H3/i1D3. The lowest BCUT2D eigenvalue weighted by atomic mass is 10.1. The molecule has 0 aromatic heterocycles. The van der Waals surface area contributed by atoms with Gasteiger partial charge in [0.05, 0.1) is 0 Å². The largest absolute Gasteiger partial charge is 0.0928 e. The summed E-state index contributed by atoms with van der Waals surface area (Å²) in [6.45, 7) is -1.71. The molecule has 0 spiro atoms. The van der Waals surface area contributed by atoms with Gasteiger partial charge in [-0.3, -0.25) is 0 Å². The third-order valence-corrected chi connectivity index (χ3v) is 2.87. The van der Waals surface area contributed by atoms with Gasteiger partial charge in [-0.25, -0.2) is 0 Å². The molecule has 0 atom stereocenters. The Balaban J connectivity index is 2.99. The van der Waals surface area contributed by atoms with Crippen LogP contribution >= 0.6 is 15.9 Å². The van der Waals surface area contributed by atoms with Gasteiger partial charge in [0.25, 0.3) is 0 Å². The molecule has 80 valence electrons. The van der Waals surface area contributed by atoms with Crippen LogP contribution in [-0.2, 0) is 0 Å². The van der Waals surface area contributed by atoms with Crippen molar-refractivity contribution in [3.05, 3.63) is 0 Å². The molecule has 0 rings (SSSR count). The lowest BCUT2D eigenvalue weighted by Crippen LogP contribution is -1.81. The summed E-state index contributed by atoms with van der Waals surface area (Å²) in [6, 6.07) is 0. The Bertz CT molecular complexity index is 146. The molecule has 0 saturated carbocycles. The predicted molar refractivity (Wildman–Crippen MR) is 65.6 cm³/mol. The summed E-state index contributed by atoms with van der Waals surface area (Å²) < 4.78 is 21.2. The van der Waals surface area contributed by atoms with Crippen molar-refractivity contribution in [2.75, 3.05) is 5.33 Å². The van der Waals surface area contributed by atoms with Crippen molar-refractivity contribution in [1.82, 2.24) is 0 Å². The van der Waals surface area contributed by atoms with E-state index in [0.29, 0.717) is 6.42 Å². The molecule has 0 N–H and O–H groups in total. The number of hydrogen-bond acceptors (Lipinski definition) is 0. The topological polar surface area (TPSA) is 0 Å². The molecule has 0 aliphatic rings. The number of halogens is 1. The Morgan fingerprint density at radius 1 is 0.769 bits per heavy atom. The van der Waals surface area contributed by atoms with Crippen LogP contribution in [0, 0.1) is 0 Å². The molecule has 0 bridgehead atoms. The van der Waals surface area contributed by atoms with Crippen LogP contribution in [0.3, 0.4) is 0 Å². The van der Waals surface area contributed by atoms with E-state index in [9.17, 15) is 0 Å². The van der Waals surface area contributed by atoms with Gasteiger partial charge in [0.2, 0.25) is 0 Å². The fourth-order valence-electron chi connectivity index (χ4n) is 1.46. The molecule has 0 unspecified atom stereocenters. The van der Waals surface area contributed by atoms with Crippen molar-refractivity contribution in [1.29, 1.82) is 0 Å². The average Bonchev–Trinajstić information content (AvgIpc) is 2.19. The summed E-state index contributed by atoms with van der Waals surface area (Å²) in [5.41, 5.74) is 0. The minimum Gasteiger partial charge on any atom is -0.0928 e. The van der Waals surface area contributed by atoms with Crippen molar-refractivity contribution in [3.63, 3.8) is 0 Å². The van der Waals surface area contributed by atoms with Crippen LogP contribution in [0.4, 0.5) is 0 Å². The van der Waals surface area contributed by atoms with E-state index < -0.39 is 6.85 Å². The summed E-state index contributed by atoms with van der Waals surface area (Å²) in [6.07, 6.45) is 11.4. The van der Waals surface area contributed by atoms with Gasteiger partial charge in [-0.2, -0.15) is 0 Å². The first-order valence-corrected chi connectivity index (χ1v) is 6.74. The summed E-state index contributed by atoms with van der Waals surface area (Å²) in [4.78, 5) is 0. The highest BCUT2D eigenvalue weighted by Gasteiger charge is 1.91. The molecule has 0 aliphatic heterocycles. The average molecular weight is 252 g/mol. The van der Waals surface area contributed by atoms with E-state index in [1.54, 1.807) is 0 Å². The second kappa shape index (κ2) is 12.5. The van der Waals surface area contributed by atoms with E-state index in [1.807, 2.05) is 0 Å². The van der Waals surface area contributed by atoms with E-state index in [4.69, 9.17) is 4.11 Å². The fraction of sp³-hybridized carbons (Fsp3) is 1.00. The Hall–Kier alpha value is 0.480. The van der Waals surface area contributed by atoms with E-state index in [0.717, 1.165) is 18.2 Å². The Morgan fingerprint density at radius 3 is 1.69 bits per heavy atom. The summed E-state index contributed by atoms with van der Waals surface area (Å²) in [7, 11) is 0. The lowest BCUT2D eigenvalue weighted by Gasteiger charge is -2.00. The fourth-order valence-corrected chi connectivity index (χ4v) is 1.85. The molecule has 0 saturated heterocycles. The second-order valence-electron chi connectivity index (χ2n) is 3.62. The summed E-state index contributed by atoms with van der Waals surface area (Å²) in [5.74, 6) is 0. The maximum Gasteiger partial charge on any atom is 0.0230 e. The zero-order chi connectivity index (χ0) is 12.3. The molecule has 0 radical (unpaired) electrons. The highest BCUT2D eigenvalue weighted by Crippen LogP contribution is 2.10. The quantitative estimate of drug-likeness (QED) is 0.365. The van der Waals surface area contributed by atoms with E-state index in [1.165, 1.54) is 44.9 Å². The van der Waals surface area contributed by atoms with Crippen molar-refractivity contribution < 1.29 is 4.11 Å². The molecular weight excluding hydrogens is 224 g/mol. The van der Waals surface area contributed by atoms with Gasteiger partial charge in [0.1, 0.15) is 0 Å². The molecule has 0 fully saturated rings. The maximum absolute atomic E-state index is 7.07. The molecule has 0 heterocycles. The first-order valence-electron chi connectivity index (χ1n) is 7.12. The van der Waals surface area contributed by atoms with Gasteiger partial charge >= 0.3 is 0 Å². The van der Waals surface area contributed by atoms with Crippen molar-refractivity contribution in [2.45, 2.75) is 71.1 Å². The molecular formula is C12H25Br. The van der Waals surface area contributed by atoms with E-state index in [2.05, 4.69) is 15.9 Å². The van der Waals surface area contributed by atoms with Gasteiger partial charge < -0.3 is 0 Å². The number of rotatable bonds is 10. The molecule has 0 nitrogen and oxygen atoms in total. The molecule has 13 heavy (non-hydrogen) atoms. The first-order chi connectivity index (χ1) is 7.56. The third kappa shape index (κ3) is 12.5. The van der Waals surface area contributed by atoms with Crippen LogP contribution in [0.2, 0.25) is 0 Å². The van der Waals surface area contributed by atoms with Crippen LogP contribution < -0.4 is 0 Å². The summed E-state index contributed by atoms with van der Waals surface area (Å²) >= 11 is 3.43. The highest BCUT2D eigenvalue weighted by molar-refractivity contribution is 9.09. The number of hydrogen-bond donors (Lipinski definition) is 0. The third-order valence-electron chi connectivity index (χ3n) is 2.31. The zero-order valence-electron chi connectivity index (χ0n) is 11.7. The molecule has 0 amide bonds. The van der Waals surface area contributed by atoms with Crippen LogP contribution in [0.25, 0.3) is 0 Å². The molecule has 0 aromatic rings. The minimum absolute atomic E-state index is 0.387. The SMILES string of the molecule is [2H]C([2H])([2H])CCCCCCCCCCCBr. The monoisotopic (exact) mass is 251 g/mol. The summed E-state index contributed by atoms with van der Waals surface area (Å²) in [5, 5.41) is 1.13.